The SMILES string of the molecule is CCCCCOCC(P(=O)([O-])O)P(=O)(O)O. The van der Waals surface area contributed by atoms with Crippen LogP contribution in [0.25, 0.3) is 0 Å². The molecule has 0 aliphatic heterocycles. The first kappa shape index (κ1) is 16.3. The normalized spacial score (nSPS) is 18.1. The maximum Gasteiger partial charge on any atom is 0.339 e. The highest BCUT2D eigenvalue weighted by molar-refractivity contribution is 7.70. The molecule has 0 amide bonds. The van der Waals surface area contributed by atoms with Gasteiger partial charge in [0.2, 0.25) is 0 Å². The molecule has 7 nitrogen and oxygen atoms in total. The van der Waals surface area contributed by atoms with Crippen molar-refractivity contribution in [2.75, 3.05) is 13.2 Å². The fraction of sp³-hybridized carbons (Fsp3) is 1.00. The van der Waals surface area contributed by atoms with E-state index in [1.165, 1.54) is 0 Å². The van der Waals surface area contributed by atoms with Crippen LogP contribution in [0.1, 0.15) is 26.2 Å². The second-order valence-corrected chi connectivity index (χ2v) is 7.38. The minimum absolute atomic E-state index is 0.213. The molecule has 0 bridgehead atoms. The molecule has 0 aliphatic carbocycles. The van der Waals surface area contributed by atoms with Gasteiger partial charge in [-0.1, -0.05) is 19.8 Å². The molecule has 0 fully saturated rings. The van der Waals surface area contributed by atoms with Crippen LogP contribution in [0, 0.1) is 0 Å². The lowest BCUT2D eigenvalue weighted by Gasteiger charge is -2.27. The van der Waals surface area contributed by atoms with Crippen LogP contribution in [0.2, 0.25) is 0 Å². The van der Waals surface area contributed by atoms with Crippen LogP contribution in [-0.4, -0.2) is 33.3 Å². The summed E-state index contributed by atoms with van der Waals surface area (Å²) in [6, 6.07) is 0. The van der Waals surface area contributed by atoms with Crippen molar-refractivity contribution >= 4 is 15.2 Å². The molecule has 0 saturated heterocycles. The van der Waals surface area contributed by atoms with Gasteiger partial charge in [0, 0.05) is 6.61 Å². The van der Waals surface area contributed by atoms with Gasteiger partial charge in [-0.25, -0.2) is 0 Å². The second-order valence-electron chi connectivity index (χ2n) is 3.42. The van der Waals surface area contributed by atoms with E-state index in [1.54, 1.807) is 0 Å². The fourth-order valence-corrected chi connectivity index (χ4v) is 3.14. The van der Waals surface area contributed by atoms with Gasteiger partial charge in [0.05, 0.1) is 6.61 Å². The molecule has 0 aliphatic rings. The lowest BCUT2D eigenvalue weighted by atomic mass is 10.3. The smallest absolute Gasteiger partial charge is 0.339 e. The summed E-state index contributed by atoms with van der Waals surface area (Å²) < 4.78 is 26.3. The third-order valence-corrected chi connectivity index (χ3v) is 5.53. The van der Waals surface area contributed by atoms with Gasteiger partial charge in [-0.3, -0.25) is 4.57 Å². The summed E-state index contributed by atoms with van der Waals surface area (Å²) >= 11 is 0. The Morgan fingerprint density at radius 2 is 1.81 bits per heavy atom. The Labute approximate surface area is 94.1 Å². The van der Waals surface area contributed by atoms with Crippen LogP contribution in [0.15, 0.2) is 0 Å². The number of ether oxygens (including phenoxy) is 1. The van der Waals surface area contributed by atoms with Crippen LogP contribution < -0.4 is 4.89 Å². The van der Waals surface area contributed by atoms with Gasteiger partial charge >= 0.3 is 7.60 Å². The molecular formula is C7H17O7P2-. The van der Waals surface area contributed by atoms with E-state index in [4.69, 9.17) is 19.4 Å². The third-order valence-electron chi connectivity index (χ3n) is 1.92. The van der Waals surface area contributed by atoms with Gasteiger partial charge in [-0.2, -0.15) is 0 Å². The van der Waals surface area contributed by atoms with Crippen LogP contribution in [0.3, 0.4) is 0 Å². The van der Waals surface area contributed by atoms with Gasteiger partial charge in [-0.15, -0.1) is 0 Å². The second kappa shape index (κ2) is 6.87. The van der Waals surface area contributed by atoms with E-state index in [9.17, 15) is 14.0 Å². The molecule has 2 atom stereocenters. The topological polar surface area (TPSA) is 127 Å². The Morgan fingerprint density at radius 3 is 2.19 bits per heavy atom. The first-order valence-electron chi connectivity index (χ1n) is 4.86. The summed E-state index contributed by atoms with van der Waals surface area (Å²) in [7, 11) is -9.99. The Bertz CT molecular complexity index is 258. The van der Waals surface area contributed by atoms with Crippen molar-refractivity contribution in [2.45, 2.75) is 31.6 Å². The summed E-state index contributed by atoms with van der Waals surface area (Å²) in [5.41, 5.74) is 0. The zero-order valence-corrected chi connectivity index (χ0v) is 10.8. The quantitative estimate of drug-likeness (QED) is 0.427. The fourth-order valence-electron chi connectivity index (χ4n) is 1.02. The maximum absolute atomic E-state index is 10.8. The molecule has 0 aromatic rings. The highest BCUT2D eigenvalue weighted by Crippen LogP contribution is 2.57. The van der Waals surface area contributed by atoms with E-state index < -0.39 is 27.2 Å². The van der Waals surface area contributed by atoms with Crippen LogP contribution >= 0.6 is 15.2 Å². The Kier molecular flexibility index (Phi) is 6.98. The summed E-state index contributed by atoms with van der Waals surface area (Å²) in [4.78, 5) is 36.8. The van der Waals surface area contributed by atoms with Gasteiger partial charge in [0.1, 0.15) is 13.0 Å². The number of hydrogen-bond donors (Lipinski definition) is 3. The summed E-state index contributed by atoms with van der Waals surface area (Å²) in [6.45, 7) is 1.49. The van der Waals surface area contributed by atoms with Crippen molar-refractivity contribution in [2.24, 2.45) is 0 Å². The van der Waals surface area contributed by atoms with Gasteiger partial charge in [0.15, 0.2) is 0 Å². The molecule has 98 valence electrons. The Morgan fingerprint density at radius 1 is 1.25 bits per heavy atom. The average Bonchev–Trinajstić information content (AvgIpc) is 2.06. The predicted molar refractivity (Wildman–Crippen MR) is 56.0 cm³/mol. The van der Waals surface area contributed by atoms with Gasteiger partial charge in [-0.05, 0) is 6.42 Å². The highest BCUT2D eigenvalue weighted by Gasteiger charge is 2.37. The minimum atomic E-state index is -5.09. The van der Waals surface area contributed by atoms with E-state index >= 15 is 0 Å². The van der Waals surface area contributed by atoms with Gasteiger partial charge in [0.25, 0.3) is 0 Å². The largest absolute Gasteiger partial charge is 0.778 e. The average molecular weight is 275 g/mol. The van der Waals surface area contributed by atoms with Crippen LogP contribution in [-0.2, 0) is 13.9 Å². The van der Waals surface area contributed by atoms with E-state index in [0.29, 0.717) is 6.42 Å². The first-order valence-corrected chi connectivity index (χ1v) is 8.19. The van der Waals surface area contributed by atoms with Crippen molar-refractivity contribution < 1.29 is 33.4 Å². The number of hydrogen-bond acceptors (Lipinski definition) is 4. The lowest BCUT2D eigenvalue weighted by molar-refractivity contribution is -0.195. The zero-order valence-electron chi connectivity index (χ0n) is 8.98. The van der Waals surface area contributed by atoms with Crippen molar-refractivity contribution in [3.05, 3.63) is 0 Å². The molecule has 16 heavy (non-hydrogen) atoms. The molecule has 2 unspecified atom stereocenters. The van der Waals surface area contributed by atoms with Crippen molar-refractivity contribution in [1.29, 1.82) is 0 Å². The van der Waals surface area contributed by atoms with Crippen LogP contribution in [0.4, 0.5) is 0 Å². The molecule has 0 rings (SSSR count). The third kappa shape index (κ3) is 6.76. The first-order chi connectivity index (χ1) is 7.19. The molecule has 0 radical (unpaired) electrons. The van der Waals surface area contributed by atoms with Crippen LogP contribution in [0.5, 0.6) is 0 Å². The summed E-state index contributed by atoms with van der Waals surface area (Å²) in [5.74, 6) is 0. The minimum Gasteiger partial charge on any atom is -0.778 e. The standard InChI is InChI=1S/C7H18O7P2/c1-2-3-4-5-14-6-7(15(8,9)10)16(11,12)13/h7H,2-6H2,1H3,(H2,8,9,10)(H2,11,12,13)/p-1. The van der Waals surface area contributed by atoms with Crippen molar-refractivity contribution in [3.63, 3.8) is 0 Å². The van der Waals surface area contributed by atoms with E-state index in [0.717, 1.165) is 12.8 Å². The van der Waals surface area contributed by atoms with E-state index in [-0.39, 0.29) is 6.61 Å². The van der Waals surface area contributed by atoms with Crippen molar-refractivity contribution in [3.8, 4) is 0 Å². The number of rotatable bonds is 8. The zero-order chi connectivity index (χ0) is 12.8. The molecular weight excluding hydrogens is 258 g/mol. The highest BCUT2D eigenvalue weighted by atomic mass is 31.2. The lowest BCUT2D eigenvalue weighted by Crippen LogP contribution is -2.22. The molecule has 0 heterocycles. The Balaban J connectivity index is 4.17. The molecule has 9 heteroatoms. The van der Waals surface area contributed by atoms with Gasteiger partial charge < -0.3 is 28.9 Å². The summed E-state index contributed by atoms with van der Waals surface area (Å²) in [6.07, 6.45) is 2.51. The number of unbranched alkanes of at least 4 members (excludes halogenated alkanes) is 2. The molecule has 3 N–H and O–H groups in total. The predicted octanol–water partition coefficient (Wildman–Crippen LogP) is 0.243. The molecule has 0 aromatic carbocycles. The maximum atomic E-state index is 10.8. The Hall–Kier alpha value is 0.260. The molecule has 0 aromatic heterocycles. The molecule has 0 spiro atoms. The molecule has 0 saturated carbocycles. The summed E-state index contributed by atoms with van der Waals surface area (Å²) in [5, 5.41) is -2.17. The monoisotopic (exact) mass is 275 g/mol. The van der Waals surface area contributed by atoms with Crippen molar-refractivity contribution in [1.82, 2.24) is 0 Å². The van der Waals surface area contributed by atoms with E-state index in [1.807, 2.05) is 6.92 Å². The van der Waals surface area contributed by atoms with E-state index in [2.05, 4.69) is 0 Å².